The summed E-state index contributed by atoms with van der Waals surface area (Å²) in [5.74, 6) is -0.233. The molecule has 1 atom stereocenters. The van der Waals surface area contributed by atoms with Crippen LogP contribution in [0.15, 0.2) is 35.5 Å². The second-order valence-corrected chi connectivity index (χ2v) is 3.18. The summed E-state index contributed by atoms with van der Waals surface area (Å²) in [6.45, 7) is 5.13. The molecule has 0 aliphatic heterocycles. The van der Waals surface area contributed by atoms with Crippen molar-refractivity contribution in [2.75, 3.05) is 0 Å². The minimum Gasteiger partial charge on any atom is -0.481 e. The molecule has 0 aliphatic rings. The predicted octanol–water partition coefficient (Wildman–Crippen LogP) is 2.10. The number of carboxylic acids is 1. The molecule has 1 aromatic heterocycles. The van der Waals surface area contributed by atoms with E-state index in [9.17, 15) is 4.79 Å². The van der Waals surface area contributed by atoms with Gasteiger partial charge in [0.2, 0.25) is 0 Å². The third-order valence-electron chi connectivity index (χ3n) is 2.06. The second kappa shape index (κ2) is 3.47. The van der Waals surface area contributed by atoms with Gasteiger partial charge in [-0.3, -0.25) is 4.79 Å². The maximum absolute atomic E-state index is 10.9. The average Bonchev–Trinajstić information content (AvgIpc) is 2.56. The van der Waals surface area contributed by atoms with Gasteiger partial charge < -0.3 is 9.52 Å². The van der Waals surface area contributed by atoms with Crippen molar-refractivity contribution in [2.24, 2.45) is 5.41 Å². The van der Waals surface area contributed by atoms with Crippen molar-refractivity contribution in [2.45, 2.75) is 13.3 Å². The number of carboxylic acid groups (broad SMARTS) is 1. The lowest BCUT2D eigenvalue weighted by Crippen LogP contribution is -2.27. The predicted molar refractivity (Wildman–Crippen MR) is 48.4 cm³/mol. The zero-order valence-corrected chi connectivity index (χ0v) is 7.49. The molecule has 3 nitrogen and oxygen atoms in total. The second-order valence-electron chi connectivity index (χ2n) is 3.18. The van der Waals surface area contributed by atoms with Crippen molar-refractivity contribution in [1.82, 2.24) is 0 Å². The van der Waals surface area contributed by atoms with Crippen molar-refractivity contribution < 1.29 is 14.3 Å². The summed E-state index contributed by atoms with van der Waals surface area (Å²) in [6.07, 6.45) is 3.29. The minimum atomic E-state index is -0.947. The Morgan fingerprint density at radius 1 is 1.85 bits per heavy atom. The zero-order chi connectivity index (χ0) is 9.90. The molecule has 1 unspecified atom stereocenters. The van der Waals surface area contributed by atoms with Crippen LogP contribution >= 0.6 is 0 Å². The van der Waals surface area contributed by atoms with Crippen LogP contribution in [-0.2, 0) is 11.2 Å². The first-order valence-corrected chi connectivity index (χ1v) is 3.98. The molecule has 3 heteroatoms. The lowest BCUT2D eigenvalue weighted by molar-refractivity contribution is -0.145. The zero-order valence-electron chi connectivity index (χ0n) is 7.49. The highest BCUT2D eigenvalue weighted by Gasteiger charge is 2.30. The van der Waals surface area contributed by atoms with Gasteiger partial charge in [0.05, 0.1) is 11.7 Å². The van der Waals surface area contributed by atoms with Gasteiger partial charge in [-0.1, -0.05) is 6.08 Å². The number of aliphatic carboxylic acids is 1. The van der Waals surface area contributed by atoms with E-state index in [-0.39, 0.29) is 0 Å². The van der Waals surface area contributed by atoms with Gasteiger partial charge in [-0.05, 0) is 19.1 Å². The Balaban J connectivity index is 2.81. The van der Waals surface area contributed by atoms with Crippen molar-refractivity contribution in [3.8, 4) is 0 Å². The first kappa shape index (κ1) is 9.58. The molecule has 0 fully saturated rings. The van der Waals surface area contributed by atoms with Crippen LogP contribution in [0.3, 0.4) is 0 Å². The van der Waals surface area contributed by atoms with Crippen LogP contribution in [0.2, 0.25) is 0 Å². The molecular weight excluding hydrogens is 168 g/mol. The first-order valence-electron chi connectivity index (χ1n) is 3.98. The summed E-state index contributed by atoms with van der Waals surface area (Å²) < 4.78 is 5.07. The van der Waals surface area contributed by atoms with Gasteiger partial charge in [0, 0.05) is 6.42 Å². The fourth-order valence-electron chi connectivity index (χ4n) is 1.01. The number of rotatable bonds is 4. The van der Waals surface area contributed by atoms with E-state index < -0.39 is 11.4 Å². The monoisotopic (exact) mass is 180 g/mol. The molecule has 0 spiro atoms. The number of hydrogen-bond donors (Lipinski definition) is 1. The molecule has 13 heavy (non-hydrogen) atoms. The van der Waals surface area contributed by atoms with E-state index >= 15 is 0 Å². The Labute approximate surface area is 76.7 Å². The van der Waals surface area contributed by atoms with E-state index in [0.29, 0.717) is 12.2 Å². The maximum atomic E-state index is 10.9. The van der Waals surface area contributed by atoms with Crippen LogP contribution in [0.1, 0.15) is 12.7 Å². The van der Waals surface area contributed by atoms with Gasteiger partial charge in [-0.15, -0.1) is 6.58 Å². The first-order chi connectivity index (χ1) is 6.08. The van der Waals surface area contributed by atoms with Gasteiger partial charge in [-0.25, -0.2) is 0 Å². The smallest absolute Gasteiger partial charge is 0.313 e. The highest BCUT2D eigenvalue weighted by Crippen LogP contribution is 2.24. The van der Waals surface area contributed by atoms with Crippen LogP contribution in [-0.4, -0.2) is 11.1 Å². The quantitative estimate of drug-likeness (QED) is 0.722. The fraction of sp³-hybridized carbons (Fsp3) is 0.300. The largest absolute Gasteiger partial charge is 0.481 e. The minimum absolute atomic E-state index is 0.332. The number of furan rings is 1. The van der Waals surface area contributed by atoms with Crippen molar-refractivity contribution in [3.05, 3.63) is 36.8 Å². The van der Waals surface area contributed by atoms with Crippen LogP contribution in [0, 0.1) is 5.41 Å². The lowest BCUT2D eigenvalue weighted by atomic mass is 9.86. The molecule has 70 valence electrons. The third kappa shape index (κ3) is 1.99. The highest BCUT2D eigenvalue weighted by molar-refractivity contribution is 5.76. The van der Waals surface area contributed by atoms with Crippen LogP contribution in [0.5, 0.6) is 0 Å². The Kier molecular flexibility index (Phi) is 2.56. The molecular formula is C10H12O3. The summed E-state index contributed by atoms with van der Waals surface area (Å²) in [5.41, 5.74) is -0.947. The topological polar surface area (TPSA) is 50.4 Å². The molecule has 0 aliphatic carbocycles. The molecule has 0 aromatic carbocycles. The summed E-state index contributed by atoms with van der Waals surface area (Å²) in [5, 5.41) is 8.92. The molecule has 0 bridgehead atoms. The fourth-order valence-corrected chi connectivity index (χ4v) is 1.01. The maximum Gasteiger partial charge on any atom is 0.313 e. The SMILES string of the molecule is C=CC(C)(Cc1ccco1)C(=O)O. The van der Waals surface area contributed by atoms with E-state index in [1.54, 1.807) is 19.1 Å². The lowest BCUT2D eigenvalue weighted by Gasteiger charge is -2.18. The Hall–Kier alpha value is -1.51. The van der Waals surface area contributed by atoms with Gasteiger partial charge in [-0.2, -0.15) is 0 Å². The average molecular weight is 180 g/mol. The Morgan fingerprint density at radius 2 is 2.54 bits per heavy atom. The van der Waals surface area contributed by atoms with Gasteiger partial charge in [0.1, 0.15) is 5.76 Å². The summed E-state index contributed by atoms with van der Waals surface area (Å²) >= 11 is 0. The van der Waals surface area contributed by atoms with E-state index in [1.165, 1.54) is 12.3 Å². The summed E-state index contributed by atoms with van der Waals surface area (Å²) in [7, 11) is 0. The van der Waals surface area contributed by atoms with Crippen molar-refractivity contribution in [1.29, 1.82) is 0 Å². The van der Waals surface area contributed by atoms with Gasteiger partial charge in [0.25, 0.3) is 0 Å². The molecule has 0 saturated heterocycles. The van der Waals surface area contributed by atoms with E-state index in [0.717, 1.165) is 0 Å². The molecule has 0 amide bonds. The van der Waals surface area contributed by atoms with Crippen molar-refractivity contribution >= 4 is 5.97 Å². The highest BCUT2D eigenvalue weighted by atomic mass is 16.4. The standard InChI is InChI=1S/C10H12O3/c1-3-10(2,9(11)12)7-8-5-4-6-13-8/h3-6H,1,7H2,2H3,(H,11,12). The number of carbonyl (C=O) groups is 1. The molecule has 1 rings (SSSR count). The van der Waals surface area contributed by atoms with Gasteiger partial charge in [0.15, 0.2) is 0 Å². The molecule has 0 saturated carbocycles. The Morgan fingerprint density at radius 3 is 2.92 bits per heavy atom. The molecule has 1 aromatic rings. The molecule has 0 radical (unpaired) electrons. The van der Waals surface area contributed by atoms with E-state index in [2.05, 4.69) is 6.58 Å². The third-order valence-corrected chi connectivity index (χ3v) is 2.06. The number of hydrogen-bond acceptors (Lipinski definition) is 2. The summed E-state index contributed by atoms with van der Waals surface area (Å²) in [6, 6.07) is 3.49. The summed E-state index contributed by atoms with van der Waals surface area (Å²) in [4.78, 5) is 10.9. The van der Waals surface area contributed by atoms with Crippen molar-refractivity contribution in [3.63, 3.8) is 0 Å². The van der Waals surface area contributed by atoms with E-state index in [1.807, 2.05) is 0 Å². The van der Waals surface area contributed by atoms with Crippen LogP contribution < -0.4 is 0 Å². The normalized spacial score (nSPS) is 14.8. The van der Waals surface area contributed by atoms with E-state index in [4.69, 9.17) is 9.52 Å². The van der Waals surface area contributed by atoms with Crippen LogP contribution in [0.25, 0.3) is 0 Å². The van der Waals surface area contributed by atoms with Crippen LogP contribution in [0.4, 0.5) is 0 Å². The Bertz CT molecular complexity index is 300. The molecule has 1 N–H and O–H groups in total. The molecule has 1 heterocycles. The van der Waals surface area contributed by atoms with Gasteiger partial charge >= 0.3 is 5.97 Å².